The smallest absolute Gasteiger partial charge is 0.225 e. The third kappa shape index (κ3) is 5.05. The third-order valence-electron chi connectivity index (χ3n) is 3.18. The Labute approximate surface area is 117 Å². The topological polar surface area (TPSA) is 41.1 Å². The first-order valence-corrected chi connectivity index (χ1v) is 7.55. The maximum atomic E-state index is 4.65. The number of aryl methyl sites for hydroxylation is 1. The van der Waals surface area contributed by atoms with Gasteiger partial charge in [0, 0.05) is 19.6 Å². The zero-order valence-corrected chi connectivity index (χ0v) is 12.9. The van der Waals surface area contributed by atoms with E-state index >= 15 is 0 Å². The summed E-state index contributed by atoms with van der Waals surface area (Å²) in [6.07, 6.45) is 6.71. The normalized spacial score (nSPS) is 10.5. The second-order valence-corrected chi connectivity index (χ2v) is 4.89. The maximum absolute atomic E-state index is 4.65. The molecule has 0 aliphatic carbocycles. The number of rotatable bonds is 9. The lowest BCUT2D eigenvalue weighted by atomic mass is 10.2. The summed E-state index contributed by atoms with van der Waals surface area (Å²) in [6.45, 7) is 11.6. The van der Waals surface area contributed by atoms with Gasteiger partial charge in [-0.3, -0.25) is 0 Å². The maximum Gasteiger partial charge on any atom is 0.225 e. The number of nitrogens with one attached hydrogen (secondary N) is 1. The highest BCUT2D eigenvalue weighted by atomic mass is 15.2. The van der Waals surface area contributed by atoms with Crippen LogP contribution in [-0.2, 0) is 0 Å². The van der Waals surface area contributed by atoms with Crippen LogP contribution in [0.3, 0.4) is 0 Å². The molecule has 1 aromatic heterocycles. The first kappa shape index (κ1) is 15.7. The molecule has 0 unspecified atom stereocenters. The van der Waals surface area contributed by atoms with Crippen molar-refractivity contribution in [3.63, 3.8) is 0 Å². The molecule has 0 saturated carbocycles. The SMILES string of the molecule is CCCCN(CCCC)c1ncc(NCC)c(C)n1. The van der Waals surface area contributed by atoms with Crippen LogP contribution in [0.5, 0.6) is 0 Å². The van der Waals surface area contributed by atoms with Gasteiger partial charge in [0.2, 0.25) is 5.95 Å². The summed E-state index contributed by atoms with van der Waals surface area (Å²) in [5.41, 5.74) is 2.07. The molecule has 0 spiro atoms. The van der Waals surface area contributed by atoms with Crippen LogP contribution < -0.4 is 10.2 Å². The summed E-state index contributed by atoms with van der Waals surface area (Å²) in [4.78, 5) is 11.5. The van der Waals surface area contributed by atoms with Crippen LogP contribution in [0.2, 0.25) is 0 Å². The molecule has 0 aliphatic rings. The van der Waals surface area contributed by atoms with E-state index in [9.17, 15) is 0 Å². The van der Waals surface area contributed by atoms with Gasteiger partial charge in [-0.05, 0) is 26.7 Å². The van der Waals surface area contributed by atoms with Gasteiger partial charge in [-0.15, -0.1) is 0 Å². The molecule has 0 saturated heterocycles. The summed E-state index contributed by atoms with van der Waals surface area (Å²) < 4.78 is 0. The minimum atomic E-state index is 0.876. The van der Waals surface area contributed by atoms with Crippen molar-refractivity contribution in [1.29, 1.82) is 0 Å². The van der Waals surface area contributed by atoms with E-state index in [4.69, 9.17) is 0 Å². The lowest BCUT2D eigenvalue weighted by molar-refractivity contribution is 0.662. The van der Waals surface area contributed by atoms with Gasteiger partial charge in [-0.1, -0.05) is 26.7 Å². The molecule has 0 atom stereocenters. The Bertz CT molecular complexity index is 357. The Morgan fingerprint density at radius 3 is 2.21 bits per heavy atom. The van der Waals surface area contributed by atoms with Crippen molar-refractivity contribution >= 4 is 11.6 Å². The first-order chi connectivity index (χ1) is 9.22. The van der Waals surface area contributed by atoms with E-state index in [1.807, 2.05) is 13.1 Å². The van der Waals surface area contributed by atoms with Crippen LogP contribution in [0.1, 0.15) is 52.1 Å². The molecule has 19 heavy (non-hydrogen) atoms. The molecule has 1 N–H and O–H groups in total. The Morgan fingerprint density at radius 1 is 1.11 bits per heavy atom. The van der Waals surface area contributed by atoms with Crippen molar-refractivity contribution in [3.8, 4) is 0 Å². The predicted octanol–water partition coefficient (Wildman–Crippen LogP) is 3.62. The van der Waals surface area contributed by atoms with Crippen LogP contribution >= 0.6 is 0 Å². The fourth-order valence-corrected chi connectivity index (χ4v) is 1.98. The lowest BCUT2D eigenvalue weighted by Crippen LogP contribution is -2.27. The minimum absolute atomic E-state index is 0.876. The molecule has 0 aromatic carbocycles. The Kier molecular flexibility index (Phi) is 7.23. The van der Waals surface area contributed by atoms with E-state index in [1.165, 1.54) is 25.7 Å². The number of unbranched alkanes of at least 4 members (excludes halogenated alkanes) is 2. The van der Waals surface area contributed by atoms with Crippen LogP contribution in [0, 0.1) is 6.92 Å². The summed E-state index contributed by atoms with van der Waals surface area (Å²) >= 11 is 0. The minimum Gasteiger partial charge on any atom is -0.383 e. The van der Waals surface area contributed by atoms with Crippen LogP contribution in [0.25, 0.3) is 0 Å². The molecule has 0 fully saturated rings. The summed E-state index contributed by atoms with van der Waals surface area (Å²) in [6, 6.07) is 0. The van der Waals surface area contributed by atoms with Gasteiger partial charge in [0.15, 0.2) is 0 Å². The Balaban J connectivity index is 2.79. The van der Waals surface area contributed by atoms with E-state index in [0.717, 1.165) is 37.0 Å². The molecule has 1 heterocycles. The van der Waals surface area contributed by atoms with E-state index in [-0.39, 0.29) is 0 Å². The van der Waals surface area contributed by atoms with Crippen molar-refractivity contribution in [2.45, 2.75) is 53.4 Å². The van der Waals surface area contributed by atoms with Crippen LogP contribution in [-0.4, -0.2) is 29.6 Å². The largest absolute Gasteiger partial charge is 0.383 e. The molecule has 4 heteroatoms. The van der Waals surface area contributed by atoms with Gasteiger partial charge in [0.05, 0.1) is 17.6 Å². The van der Waals surface area contributed by atoms with Gasteiger partial charge in [0.25, 0.3) is 0 Å². The lowest BCUT2D eigenvalue weighted by Gasteiger charge is -2.23. The van der Waals surface area contributed by atoms with Crippen molar-refractivity contribution in [2.24, 2.45) is 0 Å². The molecule has 1 aromatic rings. The molecule has 0 bridgehead atoms. The summed E-state index contributed by atoms with van der Waals surface area (Å²) in [7, 11) is 0. The fourth-order valence-electron chi connectivity index (χ4n) is 1.98. The number of hydrogen-bond donors (Lipinski definition) is 1. The van der Waals surface area contributed by atoms with Gasteiger partial charge < -0.3 is 10.2 Å². The number of anilines is 2. The van der Waals surface area contributed by atoms with Crippen molar-refractivity contribution in [2.75, 3.05) is 29.9 Å². The second-order valence-electron chi connectivity index (χ2n) is 4.89. The molecular weight excluding hydrogens is 236 g/mol. The third-order valence-corrected chi connectivity index (χ3v) is 3.18. The standard InChI is InChI=1S/C15H28N4/c1-5-8-10-19(11-9-6-2)15-17-12-14(16-7-3)13(4)18-15/h12,16H,5-11H2,1-4H3. The van der Waals surface area contributed by atoms with Gasteiger partial charge in [-0.2, -0.15) is 0 Å². The predicted molar refractivity (Wildman–Crippen MR) is 83.0 cm³/mol. The molecular formula is C15H28N4. The zero-order valence-electron chi connectivity index (χ0n) is 12.9. The zero-order chi connectivity index (χ0) is 14.1. The summed E-state index contributed by atoms with van der Waals surface area (Å²) in [5, 5.41) is 3.28. The number of hydrogen-bond acceptors (Lipinski definition) is 4. The highest BCUT2D eigenvalue weighted by Gasteiger charge is 2.10. The van der Waals surface area contributed by atoms with Crippen LogP contribution in [0.15, 0.2) is 6.20 Å². The summed E-state index contributed by atoms with van der Waals surface area (Å²) in [5.74, 6) is 0.876. The number of nitrogens with zero attached hydrogens (tertiary/aromatic N) is 3. The van der Waals surface area contributed by atoms with E-state index in [1.54, 1.807) is 0 Å². The van der Waals surface area contributed by atoms with Gasteiger partial charge >= 0.3 is 0 Å². The van der Waals surface area contributed by atoms with E-state index in [0.29, 0.717) is 0 Å². The monoisotopic (exact) mass is 264 g/mol. The first-order valence-electron chi connectivity index (χ1n) is 7.55. The quantitative estimate of drug-likeness (QED) is 0.739. The molecule has 0 aliphatic heterocycles. The van der Waals surface area contributed by atoms with Gasteiger partial charge in [-0.25, -0.2) is 9.97 Å². The Morgan fingerprint density at radius 2 is 1.74 bits per heavy atom. The average molecular weight is 264 g/mol. The molecule has 1 rings (SSSR count). The molecule has 108 valence electrons. The van der Waals surface area contributed by atoms with Crippen molar-refractivity contribution in [1.82, 2.24) is 9.97 Å². The fraction of sp³-hybridized carbons (Fsp3) is 0.733. The number of aromatic nitrogens is 2. The molecule has 0 amide bonds. The van der Waals surface area contributed by atoms with Crippen molar-refractivity contribution < 1.29 is 0 Å². The Hall–Kier alpha value is -1.32. The average Bonchev–Trinajstić information content (AvgIpc) is 2.41. The van der Waals surface area contributed by atoms with E-state index in [2.05, 4.69) is 41.0 Å². The highest BCUT2D eigenvalue weighted by molar-refractivity contribution is 5.48. The van der Waals surface area contributed by atoms with Crippen LogP contribution in [0.4, 0.5) is 11.6 Å². The highest BCUT2D eigenvalue weighted by Crippen LogP contribution is 2.16. The molecule has 0 radical (unpaired) electrons. The second kappa shape index (κ2) is 8.73. The molecule has 4 nitrogen and oxygen atoms in total. The van der Waals surface area contributed by atoms with Crippen molar-refractivity contribution in [3.05, 3.63) is 11.9 Å². The van der Waals surface area contributed by atoms with Gasteiger partial charge in [0.1, 0.15) is 0 Å². The van der Waals surface area contributed by atoms with E-state index < -0.39 is 0 Å².